The summed E-state index contributed by atoms with van der Waals surface area (Å²) in [5, 5.41) is 8.89. The van der Waals surface area contributed by atoms with Crippen molar-refractivity contribution < 1.29 is 14.7 Å². The van der Waals surface area contributed by atoms with Gasteiger partial charge >= 0.3 is 5.97 Å². The molecule has 0 heterocycles. The smallest absolute Gasteiger partial charge is 0.328 e. The third-order valence-corrected chi connectivity index (χ3v) is 7.01. The summed E-state index contributed by atoms with van der Waals surface area (Å²) in [5.41, 5.74) is 2.34. The highest BCUT2D eigenvalue weighted by Crippen LogP contribution is 2.61. The maximum Gasteiger partial charge on any atom is 0.328 e. The summed E-state index contributed by atoms with van der Waals surface area (Å²) in [6, 6.07) is 0. The van der Waals surface area contributed by atoms with Crippen LogP contribution in [0.3, 0.4) is 0 Å². The van der Waals surface area contributed by atoms with Gasteiger partial charge in [-0.2, -0.15) is 0 Å². The zero-order chi connectivity index (χ0) is 17.3. The van der Waals surface area contributed by atoms with E-state index in [1.807, 2.05) is 0 Å². The molecule has 0 aromatic carbocycles. The quantitative estimate of drug-likeness (QED) is 0.451. The van der Waals surface area contributed by atoms with Gasteiger partial charge in [-0.1, -0.05) is 32.4 Å². The van der Waals surface area contributed by atoms with Gasteiger partial charge in [-0.25, -0.2) is 4.79 Å². The Balaban J connectivity index is 2.25. The minimum atomic E-state index is -1.03. The van der Waals surface area contributed by atoms with E-state index in [4.69, 9.17) is 5.11 Å². The molecule has 3 nitrogen and oxygen atoms in total. The maximum atomic E-state index is 11.2. The molecule has 2 aliphatic carbocycles. The minimum absolute atomic E-state index is 0.156. The number of hydrogen-bond donors (Lipinski definition) is 1. The summed E-state index contributed by atoms with van der Waals surface area (Å²) in [6.45, 7) is 9.36. The Morgan fingerprint density at radius 2 is 2.09 bits per heavy atom. The fourth-order valence-electron chi connectivity index (χ4n) is 5.07. The Labute approximate surface area is 139 Å². The van der Waals surface area contributed by atoms with Crippen molar-refractivity contribution in [3.05, 3.63) is 23.3 Å². The second-order valence-electron chi connectivity index (χ2n) is 8.06. The first kappa shape index (κ1) is 18.0. The molecule has 0 spiro atoms. The Morgan fingerprint density at radius 1 is 1.39 bits per heavy atom. The average Bonchev–Trinajstić information content (AvgIpc) is 2.50. The highest BCUT2D eigenvalue weighted by molar-refractivity contribution is 5.88. The Kier molecular flexibility index (Phi) is 5.17. The third kappa shape index (κ3) is 3.29. The molecule has 0 bridgehead atoms. The van der Waals surface area contributed by atoms with Crippen LogP contribution < -0.4 is 0 Å². The summed E-state index contributed by atoms with van der Waals surface area (Å²) in [5.74, 6) is 0.181. The van der Waals surface area contributed by atoms with E-state index >= 15 is 0 Å². The third-order valence-electron chi connectivity index (χ3n) is 7.01. The molecule has 1 unspecified atom stereocenters. The van der Waals surface area contributed by atoms with E-state index in [9.17, 15) is 9.59 Å². The van der Waals surface area contributed by atoms with Gasteiger partial charge in [-0.05, 0) is 73.7 Å². The standard InChI is InChI=1S/C20H30O3/c1-14-6-5-7-17-19(14,3)10-8-15(2)20(17,4)11-9-16(13-21)12-18(22)23/h6,12-13,15,17H,5,7-11H2,1-4H3,(H,22,23)/b16-12+/t15?,17-,19-,20-/m0/s1. The van der Waals surface area contributed by atoms with E-state index in [1.165, 1.54) is 24.8 Å². The zero-order valence-corrected chi connectivity index (χ0v) is 14.9. The molecule has 4 atom stereocenters. The molecule has 1 fully saturated rings. The largest absolute Gasteiger partial charge is 0.478 e. The molecule has 0 aromatic rings. The summed E-state index contributed by atoms with van der Waals surface area (Å²) < 4.78 is 0. The van der Waals surface area contributed by atoms with Crippen molar-refractivity contribution in [2.75, 3.05) is 0 Å². The van der Waals surface area contributed by atoms with Crippen molar-refractivity contribution in [1.29, 1.82) is 0 Å². The van der Waals surface area contributed by atoms with Gasteiger partial charge in [0.25, 0.3) is 0 Å². The number of allylic oxidation sites excluding steroid dienone is 3. The number of carboxylic acids is 1. The second-order valence-corrected chi connectivity index (χ2v) is 8.06. The minimum Gasteiger partial charge on any atom is -0.478 e. The van der Waals surface area contributed by atoms with Crippen LogP contribution in [0, 0.1) is 22.7 Å². The van der Waals surface area contributed by atoms with Crippen molar-refractivity contribution in [2.45, 2.75) is 66.2 Å². The predicted octanol–water partition coefficient (Wildman–Crippen LogP) is 4.78. The van der Waals surface area contributed by atoms with Crippen molar-refractivity contribution >= 4 is 12.3 Å². The van der Waals surface area contributed by atoms with Crippen LogP contribution in [0.4, 0.5) is 0 Å². The second kappa shape index (κ2) is 6.62. The molecule has 0 aromatic heterocycles. The number of carbonyl (C=O) groups is 2. The lowest BCUT2D eigenvalue weighted by atomic mass is 9.47. The van der Waals surface area contributed by atoms with Gasteiger partial charge in [-0.15, -0.1) is 0 Å². The van der Waals surface area contributed by atoms with Gasteiger partial charge in [0.1, 0.15) is 6.29 Å². The first-order chi connectivity index (χ1) is 10.7. The SMILES string of the molecule is CC1=CCC[C@H]2[C@@]1(C)CCC(C)[C@]2(C)CC/C(C=O)=C\C(=O)O. The van der Waals surface area contributed by atoms with Crippen LogP contribution in [0.25, 0.3) is 0 Å². The lowest BCUT2D eigenvalue weighted by Crippen LogP contribution is -2.49. The molecule has 128 valence electrons. The average molecular weight is 318 g/mol. The highest BCUT2D eigenvalue weighted by Gasteiger charge is 2.52. The van der Waals surface area contributed by atoms with Crippen LogP contribution in [0.1, 0.15) is 66.2 Å². The van der Waals surface area contributed by atoms with E-state index in [-0.39, 0.29) is 10.8 Å². The Bertz CT molecular complexity index is 545. The number of hydrogen-bond acceptors (Lipinski definition) is 2. The number of rotatable bonds is 5. The van der Waals surface area contributed by atoms with Crippen LogP contribution in [0.2, 0.25) is 0 Å². The number of aliphatic carboxylic acids is 1. The molecule has 0 amide bonds. The van der Waals surface area contributed by atoms with Gasteiger partial charge in [0.2, 0.25) is 0 Å². The van der Waals surface area contributed by atoms with Crippen LogP contribution >= 0.6 is 0 Å². The molecule has 1 N–H and O–H groups in total. The molecule has 2 rings (SSSR count). The van der Waals surface area contributed by atoms with Crippen LogP contribution in [-0.4, -0.2) is 17.4 Å². The fraction of sp³-hybridized carbons (Fsp3) is 0.700. The van der Waals surface area contributed by atoms with E-state index in [0.29, 0.717) is 30.1 Å². The molecule has 1 saturated carbocycles. The van der Waals surface area contributed by atoms with E-state index in [0.717, 1.165) is 18.9 Å². The number of fused-ring (bicyclic) bond motifs is 1. The molecule has 0 radical (unpaired) electrons. The zero-order valence-electron chi connectivity index (χ0n) is 14.9. The first-order valence-corrected chi connectivity index (χ1v) is 8.80. The van der Waals surface area contributed by atoms with Gasteiger partial charge in [0.15, 0.2) is 0 Å². The Hall–Kier alpha value is -1.38. The predicted molar refractivity (Wildman–Crippen MR) is 92.1 cm³/mol. The van der Waals surface area contributed by atoms with Crippen LogP contribution in [0.15, 0.2) is 23.3 Å². The normalized spacial score (nSPS) is 37.7. The fourth-order valence-corrected chi connectivity index (χ4v) is 5.07. The van der Waals surface area contributed by atoms with Gasteiger partial charge in [0, 0.05) is 6.08 Å². The van der Waals surface area contributed by atoms with Gasteiger partial charge < -0.3 is 5.11 Å². The first-order valence-electron chi connectivity index (χ1n) is 8.80. The van der Waals surface area contributed by atoms with Crippen LogP contribution in [-0.2, 0) is 9.59 Å². The molecule has 0 aliphatic heterocycles. The molecular formula is C20H30O3. The number of carbonyl (C=O) groups excluding carboxylic acids is 1. The van der Waals surface area contributed by atoms with Crippen LogP contribution in [0.5, 0.6) is 0 Å². The van der Waals surface area contributed by atoms with Gasteiger partial charge in [-0.3, -0.25) is 4.79 Å². The summed E-state index contributed by atoms with van der Waals surface area (Å²) in [7, 11) is 0. The monoisotopic (exact) mass is 318 g/mol. The van der Waals surface area contributed by atoms with Crippen molar-refractivity contribution in [3.8, 4) is 0 Å². The van der Waals surface area contributed by atoms with Gasteiger partial charge in [0.05, 0.1) is 0 Å². The summed E-state index contributed by atoms with van der Waals surface area (Å²) >= 11 is 0. The number of carboxylic acid groups (broad SMARTS) is 1. The summed E-state index contributed by atoms with van der Waals surface area (Å²) in [6.07, 6.45) is 10.4. The molecule has 0 saturated heterocycles. The molecule has 23 heavy (non-hydrogen) atoms. The molecular weight excluding hydrogens is 288 g/mol. The van der Waals surface area contributed by atoms with E-state index in [2.05, 4.69) is 33.8 Å². The lowest BCUT2D eigenvalue weighted by molar-refractivity contribution is -0.131. The molecule has 3 heteroatoms. The topological polar surface area (TPSA) is 54.4 Å². The summed E-state index contributed by atoms with van der Waals surface area (Å²) in [4.78, 5) is 22.0. The van der Waals surface area contributed by atoms with E-state index < -0.39 is 5.97 Å². The molecule has 2 aliphatic rings. The lowest BCUT2D eigenvalue weighted by Gasteiger charge is -2.58. The Morgan fingerprint density at radius 3 is 2.70 bits per heavy atom. The number of aldehydes is 1. The van der Waals surface area contributed by atoms with Crippen molar-refractivity contribution in [3.63, 3.8) is 0 Å². The van der Waals surface area contributed by atoms with E-state index in [1.54, 1.807) is 0 Å². The highest BCUT2D eigenvalue weighted by atomic mass is 16.4. The van der Waals surface area contributed by atoms with Crippen molar-refractivity contribution in [1.82, 2.24) is 0 Å². The van der Waals surface area contributed by atoms with Crippen molar-refractivity contribution in [2.24, 2.45) is 22.7 Å². The maximum absolute atomic E-state index is 11.2.